The van der Waals surface area contributed by atoms with Gasteiger partial charge in [-0.25, -0.2) is 8.42 Å². The zero-order chi connectivity index (χ0) is 12.8. The van der Waals surface area contributed by atoms with Gasteiger partial charge < -0.3 is 5.32 Å². The third-order valence-corrected chi connectivity index (χ3v) is 5.14. The zero-order valence-corrected chi connectivity index (χ0v) is 11.0. The Bertz CT molecular complexity index is 593. The summed E-state index contributed by atoms with van der Waals surface area (Å²) < 4.78 is 24.3. The molecule has 1 N–H and O–H groups in total. The van der Waals surface area contributed by atoms with E-state index in [1.165, 1.54) is 6.07 Å². The molecular weight excluding hydrogens is 262 g/mol. The van der Waals surface area contributed by atoms with Gasteiger partial charge in [0.15, 0.2) is 9.84 Å². The van der Waals surface area contributed by atoms with Crippen molar-refractivity contribution in [3.8, 4) is 0 Å². The number of halogens is 1. The van der Waals surface area contributed by atoms with Crippen LogP contribution in [0, 0.1) is 5.41 Å². The summed E-state index contributed by atoms with van der Waals surface area (Å²) in [7, 11) is -3.51. The first kappa shape index (κ1) is 12.4. The lowest BCUT2D eigenvalue weighted by Crippen LogP contribution is -2.34. The summed E-state index contributed by atoms with van der Waals surface area (Å²) in [5.41, 5.74) is -0.786. The van der Waals surface area contributed by atoms with Crippen molar-refractivity contribution < 1.29 is 13.2 Å². The first-order valence-electron chi connectivity index (χ1n) is 5.07. The van der Waals surface area contributed by atoms with Crippen LogP contribution in [0.15, 0.2) is 23.1 Å². The lowest BCUT2D eigenvalue weighted by atomic mass is 9.95. The average molecular weight is 274 g/mol. The van der Waals surface area contributed by atoms with E-state index in [9.17, 15) is 13.2 Å². The number of benzene rings is 1. The van der Waals surface area contributed by atoms with Gasteiger partial charge in [-0.05, 0) is 12.1 Å². The molecule has 1 aliphatic rings. The van der Waals surface area contributed by atoms with Crippen LogP contribution in [-0.4, -0.2) is 20.1 Å². The van der Waals surface area contributed by atoms with Crippen LogP contribution in [0.25, 0.3) is 0 Å². The van der Waals surface area contributed by atoms with E-state index in [1.54, 1.807) is 26.0 Å². The Hall–Kier alpha value is -1.07. The topological polar surface area (TPSA) is 63.2 Å². The predicted octanol–water partition coefficient (Wildman–Crippen LogP) is 2.09. The summed E-state index contributed by atoms with van der Waals surface area (Å²) in [5.74, 6) is -0.563. The molecule has 1 amide bonds. The van der Waals surface area contributed by atoms with Crippen LogP contribution < -0.4 is 5.32 Å². The van der Waals surface area contributed by atoms with E-state index in [0.29, 0.717) is 0 Å². The molecule has 0 unspecified atom stereocenters. The molecule has 0 fully saturated rings. The minimum absolute atomic E-state index is 0.0870. The Kier molecular flexibility index (Phi) is 2.71. The van der Waals surface area contributed by atoms with Crippen molar-refractivity contribution in [3.63, 3.8) is 0 Å². The lowest BCUT2D eigenvalue weighted by Gasteiger charge is -2.18. The number of rotatable bonds is 0. The molecule has 4 nitrogen and oxygen atoms in total. The van der Waals surface area contributed by atoms with E-state index in [4.69, 9.17) is 11.6 Å². The standard InChI is InChI=1S/C11H12ClNO3S/c1-11(2)6-17(15,16)8-5-3-4-7(12)9(8)13-10(11)14/h3-5H,6H2,1-2H3,(H,13,14). The van der Waals surface area contributed by atoms with Crippen molar-refractivity contribution in [2.75, 3.05) is 11.1 Å². The number of carbonyl (C=O) groups excluding carboxylic acids is 1. The Morgan fingerprint density at radius 1 is 1.35 bits per heavy atom. The third-order valence-electron chi connectivity index (χ3n) is 2.71. The summed E-state index contributed by atoms with van der Waals surface area (Å²) in [5, 5.41) is 2.82. The second-order valence-electron chi connectivity index (χ2n) is 4.71. The lowest BCUT2D eigenvalue weighted by molar-refractivity contribution is -0.122. The highest BCUT2D eigenvalue weighted by Gasteiger charge is 2.39. The molecule has 6 heteroatoms. The molecule has 0 spiro atoms. The molecule has 1 aromatic carbocycles. The number of carbonyl (C=O) groups is 1. The number of hydrogen-bond donors (Lipinski definition) is 1. The van der Waals surface area contributed by atoms with E-state index >= 15 is 0 Å². The smallest absolute Gasteiger partial charge is 0.231 e. The molecule has 17 heavy (non-hydrogen) atoms. The van der Waals surface area contributed by atoms with Crippen LogP contribution in [0.2, 0.25) is 5.02 Å². The van der Waals surface area contributed by atoms with Crippen LogP contribution in [0.1, 0.15) is 13.8 Å². The number of anilines is 1. The first-order chi connectivity index (χ1) is 7.74. The highest BCUT2D eigenvalue weighted by Crippen LogP contribution is 2.36. The molecule has 1 heterocycles. The molecule has 0 saturated carbocycles. The van der Waals surface area contributed by atoms with Gasteiger partial charge in [0, 0.05) is 0 Å². The highest BCUT2D eigenvalue weighted by molar-refractivity contribution is 7.91. The molecule has 1 aliphatic heterocycles. The quantitative estimate of drug-likeness (QED) is 0.787. The number of sulfone groups is 1. The Morgan fingerprint density at radius 3 is 2.65 bits per heavy atom. The van der Waals surface area contributed by atoms with E-state index in [-0.39, 0.29) is 27.3 Å². The van der Waals surface area contributed by atoms with E-state index in [2.05, 4.69) is 5.32 Å². The van der Waals surface area contributed by atoms with Crippen LogP contribution in [-0.2, 0) is 14.6 Å². The van der Waals surface area contributed by atoms with Crippen molar-refractivity contribution in [2.24, 2.45) is 5.41 Å². The number of para-hydroxylation sites is 1. The highest BCUT2D eigenvalue weighted by atomic mass is 35.5. The van der Waals surface area contributed by atoms with Gasteiger partial charge in [-0.1, -0.05) is 31.5 Å². The number of amides is 1. The summed E-state index contributed by atoms with van der Waals surface area (Å²) in [6, 6.07) is 4.57. The SMILES string of the molecule is CC1(C)CS(=O)(=O)c2cccc(Cl)c2NC1=O. The largest absolute Gasteiger partial charge is 0.323 e. The maximum absolute atomic E-state index is 12.2. The van der Waals surface area contributed by atoms with Gasteiger partial charge in [-0.3, -0.25) is 4.79 Å². The summed E-state index contributed by atoms with van der Waals surface area (Å²) in [4.78, 5) is 12.0. The number of nitrogens with one attached hydrogen (secondary N) is 1. The number of hydrogen-bond acceptors (Lipinski definition) is 3. The van der Waals surface area contributed by atoms with Crippen molar-refractivity contribution >= 4 is 33.0 Å². The van der Waals surface area contributed by atoms with Crippen LogP contribution >= 0.6 is 11.6 Å². The van der Waals surface area contributed by atoms with Crippen LogP contribution in [0.4, 0.5) is 5.69 Å². The normalized spacial score (nSPS) is 21.2. The fraction of sp³-hybridized carbons (Fsp3) is 0.364. The summed E-state index contributed by atoms with van der Waals surface area (Å²) in [6.07, 6.45) is 0. The molecule has 1 aromatic rings. The van der Waals surface area contributed by atoms with E-state index in [0.717, 1.165) is 0 Å². The average Bonchev–Trinajstić information content (AvgIpc) is 2.24. The van der Waals surface area contributed by atoms with Gasteiger partial charge in [0.1, 0.15) is 0 Å². The van der Waals surface area contributed by atoms with Gasteiger partial charge in [-0.2, -0.15) is 0 Å². The Morgan fingerprint density at radius 2 is 2.00 bits per heavy atom. The number of fused-ring (bicyclic) bond motifs is 1. The zero-order valence-electron chi connectivity index (χ0n) is 9.45. The molecule has 92 valence electrons. The van der Waals surface area contributed by atoms with Gasteiger partial charge in [0.25, 0.3) is 0 Å². The van der Waals surface area contributed by atoms with Gasteiger partial charge in [-0.15, -0.1) is 0 Å². The molecule has 0 aromatic heterocycles. The summed E-state index contributed by atoms with van der Waals surface area (Å²) in [6.45, 7) is 3.19. The maximum atomic E-state index is 12.2. The third kappa shape index (κ3) is 2.05. The van der Waals surface area contributed by atoms with Crippen molar-refractivity contribution in [1.29, 1.82) is 0 Å². The van der Waals surface area contributed by atoms with E-state index in [1.807, 2.05) is 0 Å². The fourth-order valence-electron chi connectivity index (χ4n) is 1.79. The van der Waals surface area contributed by atoms with Crippen molar-refractivity contribution in [3.05, 3.63) is 23.2 Å². The minimum Gasteiger partial charge on any atom is -0.323 e. The second kappa shape index (κ2) is 3.71. The molecule has 0 saturated heterocycles. The van der Waals surface area contributed by atoms with Gasteiger partial charge in [0.05, 0.1) is 26.8 Å². The second-order valence-corrected chi connectivity index (χ2v) is 7.08. The Labute approximate surface area is 105 Å². The monoisotopic (exact) mass is 273 g/mol. The maximum Gasteiger partial charge on any atom is 0.231 e. The fourth-order valence-corrected chi connectivity index (χ4v) is 4.06. The van der Waals surface area contributed by atoms with E-state index < -0.39 is 15.3 Å². The predicted molar refractivity (Wildman–Crippen MR) is 65.9 cm³/mol. The molecule has 0 atom stereocenters. The van der Waals surface area contributed by atoms with Crippen molar-refractivity contribution in [1.82, 2.24) is 0 Å². The van der Waals surface area contributed by atoms with Crippen LogP contribution in [0.5, 0.6) is 0 Å². The van der Waals surface area contributed by atoms with Gasteiger partial charge in [0.2, 0.25) is 5.91 Å². The van der Waals surface area contributed by atoms with Gasteiger partial charge >= 0.3 is 0 Å². The Balaban J connectivity index is 2.73. The van der Waals surface area contributed by atoms with Crippen LogP contribution in [0.3, 0.4) is 0 Å². The molecule has 0 radical (unpaired) electrons. The minimum atomic E-state index is -3.51. The summed E-state index contributed by atoms with van der Waals surface area (Å²) >= 11 is 5.92. The van der Waals surface area contributed by atoms with Crippen molar-refractivity contribution in [2.45, 2.75) is 18.7 Å². The molecule has 0 bridgehead atoms. The molecular formula is C11H12ClNO3S. The first-order valence-corrected chi connectivity index (χ1v) is 7.10. The molecule has 0 aliphatic carbocycles. The molecule has 2 rings (SSSR count).